The van der Waals surface area contributed by atoms with Crippen LogP contribution in [-0.2, 0) is 18.1 Å². The molecule has 0 bridgehead atoms. The molecule has 0 N–H and O–H groups in total. The first-order valence-electron chi connectivity index (χ1n) is 13.0. The Morgan fingerprint density at radius 1 is 0.469 bits per heavy atom. The summed E-state index contributed by atoms with van der Waals surface area (Å²) in [6.07, 6.45) is 4.87. The molecule has 0 aliphatic rings. The van der Waals surface area contributed by atoms with E-state index < -0.39 is 47.7 Å². The van der Waals surface area contributed by atoms with Crippen molar-refractivity contribution in [2.45, 2.75) is 155 Å². The highest BCUT2D eigenvalue weighted by molar-refractivity contribution is 7.49. The fourth-order valence-corrected chi connectivity index (χ4v) is 18.3. The Bertz CT molecular complexity index is 535. The first-order chi connectivity index (χ1) is 14.2. The van der Waals surface area contributed by atoms with E-state index in [0.717, 1.165) is 38.5 Å². The smallest absolute Gasteiger partial charge is 0.284 e. The van der Waals surface area contributed by atoms with Gasteiger partial charge in [-0.3, -0.25) is 13.6 Å². The van der Waals surface area contributed by atoms with E-state index in [2.05, 4.69) is 100 Å². The molecule has 0 aromatic heterocycles. The summed E-state index contributed by atoms with van der Waals surface area (Å²) in [4.78, 5) is 0. The summed E-state index contributed by atoms with van der Waals surface area (Å²) in [5, 5.41) is -1.37. The molecule has 0 rings (SSSR count). The third-order valence-electron chi connectivity index (χ3n) is 8.39. The molecule has 8 heteroatoms. The summed E-state index contributed by atoms with van der Waals surface area (Å²) in [5.74, 6) is 0. The van der Waals surface area contributed by atoms with E-state index in [0.29, 0.717) is 0 Å². The van der Waals surface area contributed by atoms with Crippen molar-refractivity contribution in [3.8, 4) is 0 Å². The van der Waals surface area contributed by atoms with Crippen molar-refractivity contribution in [2.75, 3.05) is 0 Å². The molecular formula is C24H57O4PSi3. The molecule has 0 saturated heterocycles. The van der Waals surface area contributed by atoms with Crippen molar-refractivity contribution >= 4 is 32.0 Å². The normalized spacial score (nSPS) is 15.3. The molecule has 194 valence electrons. The van der Waals surface area contributed by atoms with Gasteiger partial charge in [0.1, 0.15) is 0 Å². The van der Waals surface area contributed by atoms with Gasteiger partial charge in [-0.1, -0.05) is 100 Å². The molecule has 0 aliphatic carbocycles. The standard InChI is InChI=1S/C24H57O4PSi3/c1-16-22(17-2,30(7,8)9)26-29(25,27-23(18-3,19-4)31(10,11)12)28-24(20-5,21-6)32(13,14)15/h16-21H2,1-15H3. The second kappa shape index (κ2) is 11.2. The Balaban J connectivity index is 6.94. The SMILES string of the molecule is CCC(CC)(OP(=O)(OC(CC)(CC)[Si](C)(C)C)OC(CC)(CC)[Si](C)(C)C)[Si](C)(C)C. The lowest BCUT2D eigenvalue weighted by atomic mass is 10.2. The molecule has 0 aromatic rings. The third kappa shape index (κ3) is 6.70. The fourth-order valence-electron chi connectivity index (χ4n) is 5.43. The lowest BCUT2D eigenvalue weighted by Gasteiger charge is -2.51. The van der Waals surface area contributed by atoms with Crippen molar-refractivity contribution in [2.24, 2.45) is 0 Å². The van der Waals surface area contributed by atoms with Crippen molar-refractivity contribution in [1.29, 1.82) is 0 Å². The van der Waals surface area contributed by atoms with Crippen LogP contribution in [0.5, 0.6) is 0 Å². The highest BCUT2D eigenvalue weighted by Gasteiger charge is 2.57. The molecule has 0 aromatic carbocycles. The van der Waals surface area contributed by atoms with Gasteiger partial charge in [0.15, 0.2) is 0 Å². The minimum atomic E-state index is -3.87. The quantitative estimate of drug-likeness (QED) is 0.158. The Hall–Kier alpha value is 0.761. The molecule has 0 radical (unpaired) electrons. The van der Waals surface area contributed by atoms with Gasteiger partial charge in [0.25, 0.3) is 0 Å². The third-order valence-corrected chi connectivity index (χ3v) is 21.3. The first-order valence-corrected chi connectivity index (χ1v) is 24.9. The molecule has 0 amide bonds. The van der Waals surface area contributed by atoms with E-state index in [1.165, 1.54) is 0 Å². The summed E-state index contributed by atoms with van der Waals surface area (Å²) in [6.45, 7) is 33.7. The van der Waals surface area contributed by atoms with Gasteiger partial charge < -0.3 is 0 Å². The second-order valence-electron chi connectivity index (χ2n) is 12.6. The zero-order chi connectivity index (χ0) is 25.9. The van der Waals surface area contributed by atoms with Gasteiger partial charge in [-0.2, -0.15) is 0 Å². The fraction of sp³-hybridized carbons (Fsp3) is 1.00. The predicted molar refractivity (Wildman–Crippen MR) is 151 cm³/mol. The highest BCUT2D eigenvalue weighted by atomic mass is 31.2. The Morgan fingerprint density at radius 3 is 0.719 bits per heavy atom. The van der Waals surface area contributed by atoms with Crippen LogP contribution in [0.3, 0.4) is 0 Å². The number of rotatable bonds is 15. The molecule has 0 fully saturated rings. The maximum Gasteiger partial charge on any atom is 0.475 e. The number of phosphoric ester groups is 1. The van der Waals surface area contributed by atoms with Crippen LogP contribution >= 0.6 is 7.82 Å². The summed E-state index contributed by atoms with van der Waals surface area (Å²) in [5.41, 5.74) is 0. The Labute approximate surface area is 204 Å². The predicted octanol–water partition coefficient (Wildman–Crippen LogP) is 9.45. The first kappa shape index (κ1) is 32.8. The zero-order valence-electron chi connectivity index (χ0n) is 24.3. The van der Waals surface area contributed by atoms with Crippen LogP contribution in [0.4, 0.5) is 0 Å². The lowest BCUT2D eigenvalue weighted by Crippen LogP contribution is -2.58. The molecular weight excluding hydrogens is 467 g/mol. The summed E-state index contributed by atoms with van der Waals surface area (Å²) in [6, 6.07) is 0. The molecule has 32 heavy (non-hydrogen) atoms. The van der Waals surface area contributed by atoms with Crippen molar-refractivity contribution < 1.29 is 18.1 Å². The van der Waals surface area contributed by atoms with Crippen LogP contribution in [0.2, 0.25) is 58.9 Å². The summed E-state index contributed by atoms with van der Waals surface area (Å²) < 4.78 is 35.4. The molecule has 0 unspecified atom stereocenters. The van der Waals surface area contributed by atoms with Gasteiger partial charge in [0.05, 0.1) is 39.9 Å². The Kier molecular flexibility index (Phi) is 11.5. The summed E-state index contributed by atoms with van der Waals surface area (Å²) in [7, 11) is -9.45. The van der Waals surface area contributed by atoms with E-state index in [1.54, 1.807) is 0 Å². The molecule has 0 saturated carbocycles. The van der Waals surface area contributed by atoms with Crippen LogP contribution in [0, 0.1) is 0 Å². The van der Waals surface area contributed by atoms with Crippen molar-refractivity contribution in [1.82, 2.24) is 0 Å². The van der Waals surface area contributed by atoms with E-state index in [4.69, 9.17) is 13.6 Å². The van der Waals surface area contributed by atoms with E-state index >= 15 is 0 Å². The van der Waals surface area contributed by atoms with Crippen LogP contribution in [-0.4, -0.2) is 39.9 Å². The van der Waals surface area contributed by atoms with Gasteiger partial charge in [0.2, 0.25) is 0 Å². The summed E-state index contributed by atoms with van der Waals surface area (Å²) >= 11 is 0. The highest BCUT2D eigenvalue weighted by Crippen LogP contribution is 2.63. The van der Waals surface area contributed by atoms with Gasteiger partial charge in [0, 0.05) is 0 Å². The van der Waals surface area contributed by atoms with Crippen LogP contribution in [0.25, 0.3) is 0 Å². The van der Waals surface area contributed by atoms with Crippen LogP contribution < -0.4 is 0 Å². The minimum Gasteiger partial charge on any atom is -0.284 e. The number of hydrogen-bond acceptors (Lipinski definition) is 4. The minimum absolute atomic E-state index is 0.456. The topological polar surface area (TPSA) is 44.8 Å². The molecule has 0 atom stereocenters. The van der Waals surface area contributed by atoms with Crippen LogP contribution in [0.1, 0.15) is 80.1 Å². The lowest BCUT2D eigenvalue weighted by molar-refractivity contribution is -0.0198. The zero-order valence-corrected chi connectivity index (χ0v) is 28.2. The van der Waals surface area contributed by atoms with Gasteiger partial charge >= 0.3 is 7.82 Å². The molecule has 0 aliphatic heterocycles. The average molecular weight is 525 g/mol. The second-order valence-corrected chi connectivity index (χ2v) is 30.3. The largest absolute Gasteiger partial charge is 0.475 e. The average Bonchev–Trinajstić information content (AvgIpc) is 2.66. The van der Waals surface area contributed by atoms with E-state index in [-0.39, 0.29) is 0 Å². The Morgan fingerprint density at radius 2 is 0.625 bits per heavy atom. The number of phosphoric acid groups is 1. The monoisotopic (exact) mass is 524 g/mol. The van der Waals surface area contributed by atoms with Crippen molar-refractivity contribution in [3.05, 3.63) is 0 Å². The maximum atomic E-state index is 15.0. The molecule has 4 nitrogen and oxygen atoms in total. The molecule has 0 heterocycles. The van der Waals surface area contributed by atoms with Gasteiger partial charge in [-0.25, -0.2) is 4.57 Å². The number of hydrogen-bond donors (Lipinski definition) is 0. The van der Waals surface area contributed by atoms with Gasteiger partial charge in [-0.15, -0.1) is 0 Å². The van der Waals surface area contributed by atoms with Crippen molar-refractivity contribution in [3.63, 3.8) is 0 Å². The molecule has 0 spiro atoms. The van der Waals surface area contributed by atoms with E-state index in [1.807, 2.05) is 0 Å². The maximum absolute atomic E-state index is 15.0. The van der Waals surface area contributed by atoms with Gasteiger partial charge in [-0.05, 0) is 38.5 Å². The van der Waals surface area contributed by atoms with Crippen LogP contribution in [0.15, 0.2) is 0 Å². The van der Waals surface area contributed by atoms with E-state index in [9.17, 15) is 4.57 Å².